The van der Waals surface area contributed by atoms with Crippen molar-refractivity contribution in [2.24, 2.45) is 0 Å². The first-order chi connectivity index (χ1) is 25.6. The third-order valence-electron chi connectivity index (χ3n) is 10.1. The molecule has 0 bridgehead atoms. The Morgan fingerprint density at radius 1 is 0.731 bits per heavy atom. The molecule has 262 valence electrons. The number of ether oxygens (including phenoxy) is 4. The van der Waals surface area contributed by atoms with Gasteiger partial charge in [0.25, 0.3) is 0 Å². The number of carbonyl (C=O) groups excluding carboxylic acids is 2. The molecule has 0 saturated carbocycles. The van der Waals surface area contributed by atoms with Gasteiger partial charge in [0.2, 0.25) is 25.4 Å². The molecule has 2 aromatic heterocycles. The maximum Gasteiger partial charge on any atom is 0.231 e. The first-order valence-electron chi connectivity index (χ1n) is 17.6. The van der Waals surface area contributed by atoms with E-state index in [1.807, 2.05) is 76.7 Å². The monoisotopic (exact) mass is 696 g/mol. The van der Waals surface area contributed by atoms with E-state index in [0.29, 0.717) is 41.8 Å². The van der Waals surface area contributed by atoms with Crippen LogP contribution >= 0.6 is 0 Å². The molecule has 52 heavy (non-hydrogen) atoms. The first-order valence-corrected chi connectivity index (χ1v) is 17.6. The lowest BCUT2D eigenvalue weighted by atomic mass is 10.1. The molecular formula is C40H36N6O6. The van der Waals surface area contributed by atoms with E-state index >= 15 is 0 Å². The van der Waals surface area contributed by atoms with Crippen LogP contribution in [0.15, 0.2) is 73.1 Å². The fraction of sp³-hybridized carbons (Fsp3) is 0.300. The van der Waals surface area contributed by atoms with Gasteiger partial charge in [-0.05, 0) is 73.1 Å². The standard InChI is InChI=1S/C40H36N6O6/c47-36(19-26-11-15-33-35(18-26)51-23-49-33)45-16-2-5-31(45)39-41-21-29(43-39)14-10-25-8-12-27(13-9-25)30-22-42-40(44-30)32-6-3-17-46(32)37(48)20-28-4-1-7-34-38(28)52-24-50-34/h1,4,7-9,11-13,15,18,21-22,31-32H,2-3,5-6,16-17,19-20,23-24H2,(H,41,43)(H,42,44)/t31-,32-/m0/s1. The van der Waals surface area contributed by atoms with E-state index < -0.39 is 0 Å². The van der Waals surface area contributed by atoms with Crippen molar-refractivity contribution in [1.82, 2.24) is 29.7 Å². The van der Waals surface area contributed by atoms with Gasteiger partial charge in [-0.3, -0.25) is 9.59 Å². The number of para-hydroxylation sites is 1. The van der Waals surface area contributed by atoms with Crippen LogP contribution in [0.5, 0.6) is 23.0 Å². The fourth-order valence-electron chi connectivity index (χ4n) is 7.52. The topological polar surface area (TPSA) is 135 Å². The fourth-order valence-corrected chi connectivity index (χ4v) is 7.52. The van der Waals surface area contributed by atoms with Gasteiger partial charge in [0.15, 0.2) is 23.0 Å². The minimum atomic E-state index is -0.112. The maximum absolute atomic E-state index is 13.4. The van der Waals surface area contributed by atoms with Crippen LogP contribution in [0.2, 0.25) is 0 Å². The van der Waals surface area contributed by atoms with Crippen LogP contribution in [0, 0.1) is 11.8 Å². The van der Waals surface area contributed by atoms with Crippen molar-refractivity contribution in [3.8, 4) is 46.1 Å². The molecule has 12 heteroatoms. The number of rotatable bonds is 7. The number of carbonyl (C=O) groups is 2. The van der Waals surface area contributed by atoms with E-state index in [4.69, 9.17) is 18.9 Å². The summed E-state index contributed by atoms with van der Waals surface area (Å²) in [7, 11) is 0. The van der Waals surface area contributed by atoms with Gasteiger partial charge in [-0.15, -0.1) is 0 Å². The number of aromatic amines is 2. The van der Waals surface area contributed by atoms with Crippen molar-refractivity contribution in [2.45, 2.75) is 50.6 Å². The SMILES string of the molecule is O=C(Cc1ccc2c(c1)OCO2)N1CCC[C@H]1c1ncc(C#Cc2ccc(-c3cnc([C@@H]4CCCN4C(=O)Cc4cccc5c4OCO5)[nH]3)cc2)[nH]1. The molecule has 9 rings (SSSR count). The second-order valence-corrected chi connectivity index (χ2v) is 13.4. The van der Waals surface area contributed by atoms with E-state index in [1.165, 1.54) is 0 Å². The minimum absolute atomic E-state index is 0.0448. The predicted octanol–water partition coefficient (Wildman–Crippen LogP) is 5.47. The highest BCUT2D eigenvalue weighted by atomic mass is 16.7. The number of hydrogen-bond acceptors (Lipinski definition) is 8. The van der Waals surface area contributed by atoms with Crippen LogP contribution < -0.4 is 18.9 Å². The molecule has 6 heterocycles. The van der Waals surface area contributed by atoms with Crippen LogP contribution in [0.4, 0.5) is 0 Å². The van der Waals surface area contributed by atoms with Crippen molar-refractivity contribution < 1.29 is 28.5 Å². The molecular weight excluding hydrogens is 660 g/mol. The second-order valence-electron chi connectivity index (χ2n) is 13.4. The molecule has 0 aliphatic carbocycles. The number of hydrogen-bond donors (Lipinski definition) is 2. The smallest absolute Gasteiger partial charge is 0.231 e. The Morgan fingerprint density at radius 2 is 1.44 bits per heavy atom. The molecule has 4 aliphatic rings. The summed E-state index contributed by atoms with van der Waals surface area (Å²) >= 11 is 0. The predicted molar refractivity (Wildman–Crippen MR) is 189 cm³/mol. The Bertz CT molecular complexity index is 2210. The molecule has 4 aliphatic heterocycles. The van der Waals surface area contributed by atoms with Crippen LogP contribution in [-0.4, -0.2) is 68.2 Å². The summed E-state index contributed by atoms with van der Waals surface area (Å²) in [6.07, 6.45) is 7.63. The second kappa shape index (κ2) is 13.5. The molecule has 2 saturated heterocycles. The Morgan fingerprint density at radius 3 is 2.27 bits per heavy atom. The molecule has 12 nitrogen and oxygen atoms in total. The van der Waals surface area contributed by atoms with Gasteiger partial charge >= 0.3 is 0 Å². The number of likely N-dealkylation sites (tertiary alicyclic amines) is 2. The Hall–Kier alpha value is -6.22. The average molecular weight is 697 g/mol. The molecule has 3 aromatic carbocycles. The normalized spacial score (nSPS) is 18.5. The highest BCUT2D eigenvalue weighted by Crippen LogP contribution is 2.38. The van der Waals surface area contributed by atoms with Crippen LogP contribution in [0.1, 0.15) is 71.8 Å². The lowest BCUT2D eigenvalue weighted by Gasteiger charge is -2.23. The minimum Gasteiger partial charge on any atom is -0.454 e. The molecule has 0 radical (unpaired) electrons. The quantitative estimate of drug-likeness (QED) is 0.214. The summed E-state index contributed by atoms with van der Waals surface area (Å²) in [4.78, 5) is 46.6. The number of H-pyrrole nitrogens is 2. The summed E-state index contributed by atoms with van der Waals surface area (Å²) in [5, 5.41) is 0. The zero-order chi connectivity index (χ0) is 35.0. The third kappa shape index (κ3) is 6.19. The summed E-state index contributed by atoms with van der Waals surface area (Å²) in [6, 6.07) is 19.1. The molecule has 2 atom stereocenters. The average Bonchev–Trinajstić information content (AvgIpc) is 4.02. The van der Waals surface area contributed by atoms with Crippen molar-refractivity contribution in [3.63, 3.8) is 0 Å². The summed E-state index contributed by atoms with van der Waals surface area (Å²) in [6.45, 7) is 1.77. The number of amides is 2. The first kappa shape index (κ1) is 31.7. The zero-order valence-electron chi connectivity index (χ0n) is 28.4. The van der Waals surface area contributed by atoms with E-state index in [1.54, 1.807) is 6.20 Å². The van der Waals surface area contributed by atoms with E-state index in [2.05, 4.69) is 31.8 Å². The summed E-state index contributed by atoms with van der Waals surface area (Å²) in [5.74, 6) is 10.8. The lowest BCUT2D eigenvalue weighted by Crippen LogP contribution is -2.32. The Kier molecular flexibility index (Phi) is 8.23. The number of benzene rings is 3. The highest BCUT2D eigenvalue weighted by Gasteiger charge is 2.34. The van der Waals surface area contributed by atoms with Crippen LogP contribution in [0.3, 0.4) is 0 Å². The number of imidazole rings is 2. The maximum atomic E-state index is 13.4. The van der Waals surface area contributed by atoms with Gasteiger partial charge in [-0.25, -0.2) is 9.97 Å². The van der Waals surface area contributed by atoms with Crippen LogP contribution in [-0.2, 0) is 22.4 Å². The van der Waals surface area contributed by atoms with Gasteiger partial charge in [0.05, 0.1) is 43.0 Å². The molecule has 0 unspecified atom stereocenters. The van der Waals surface area contributed by atoms with Crippen molar-refractivity contribution in [3.05, 3.63) is 107 Å². The Labute approximate surface area is 300 Å². The number of aromatic nitrogens is 4. The van der Waals surface area contributed by atoms with Gasteiger partial charge in [0, 0.05) is 24.2 Å². The van der Waals surface area contributed by atoms with E-state index in [0.717, 1.165) is 65.3 Å². The largest absolute Gasteiger partial charge is 0.454 e. The molecule has 2 fully saturated rings. The molecule has 5 aromatic rings. The van der Waals surface area contributed by atoms with Gasteiger partial charge in [-0.2, -0.15) is 0 Å². The van der Waals surface area contributed by atoms with Crippen molar-refractivity contribution >= 4 is 11.8 Å². The molecule has 0 spiro atoms. The molecule has 2 amide bonds. The van der Waals surface area contributed by atoms with Crippen molar-refractivity contribution in [2.75, 3.05) is 26.7 Å². The van der Waals surface area contributed by atoms with E-state index in [9.17, 15) is 9.59 Å². The highest BCUT2D eigenvalue weighted by molar-refractivity contribution is 5.81. The van der Waals surface area contributed by atoms with Crippen molar-refractivity contribution in [1.29, 1.82) is 0 Å². The van der Waals surface area contributed by atoms with E-state index in [-0.39, 0.29) is 50.3 Å². The zero-order valence-corrected chi connectivity index (χ0v) is 28.4. The van der Waals surface area contributed by atoms with Gasteiger partial charge < -0.3 is 38.7 Å². The summed E-state index contributed by atoms with van der Waals surface area (Å²) < 4.78 is 22.0. The number of nitrogens with zero attached hydrogens (tertiary/aromatic N) is 4. The Balaban J connectivity index is 0.827. The van der Waals surface area contributed by atoms with Gasteiger partial charge in [0.1, 0.15) is 17.3 Å². The van der Waals surface area contributed by atoms with Crippen LogP contribution in [0.25, 0.3) is 11.3 Å². The molecule has 2 N–H and O–H groups in total. The number of fused-ring (bicyclic) bond motifs is 2. The van der Waals surface area contributed by atoms with Gasteiger partial charge in [-0.1, -0.05) is 36.3 Å². The third-order valence-corrected chi connectivity index (χ3v) is 10.1. The summed E-state index contributed by atoms with van der Waals surface area (Å²) in [5.41, 5.74) is 5.14. The lowest BCUT2D eigenvalue weighted by molar-refractivity contribution is -0.132. The number of nitrogens with one attached hydrogen (secondary N) is 2.